The summed E-state index contributed by atoms with van der Waals surface area (Å²) < 4.78 is 2.21. The molecule has 0 bridgehead atoms. The van der Waals surface area contributed by atoms with Gasteiger partial charge < -0.3 is 5.11 Å². The fraction of sp³-hybridized carbons (Fsp3) is 0. The van der Waals surface area contributed by atoms with Crippen LogP contribution in [0, 0.1) is 0 Å². The molecule has 0 radical (unpaired) electrons. The molecule has 2 aromatic rings. The van der Waals surface area contributed by atoms with Gasteiger partial charge in [-0.1, -0.05) is 0 Å². The molecule has 0 fully saturated rings. The van der Waals surface area contributed by atoms with E-state index in [0.29, 0.717) is 9.56 Å². The van der Waals surface area contributed by atoms with E-state index in [2.05, 4.69) is 20.9 Å². The molecular formula is C6H3BrN2O2S. The summed E-state index contributed by atoms with van der Waals surface area (Å²) in [4.78, 5) is 15.1. The Labute approximate surface area is 79.6 Å². The number of imidazole rings is 1. The van der Waals surface area contributed by atoms with Crippen LogP contribution in [0.3, 0.4) is 0 Å². The number of rotatable bonds is 1. The van der Waals surface area contributed by atoms with Crippen molar-refractivity contribution in [2.75, 3.05) is 0 Å². The molecule has 12 heavy (non-hydrogen) atoms. The van der Waals surface area contributed by atoms with Crippen molar-refractivity contribution >= 4 is 38.1 Å². The Balaban J connectivity index is 2.83. The molecule has 0 aliphatic heterocycles. The van der Waals surface area contributed by atoms with Crippen LogP contribution in [0.1, 0.15) is 10.5 Å². The van der Waals surface area contributed by atoms with Crippen LogP contribution in [0.2, 0.25) is 0 Å². The molecule has 2 rings (SSSR count). The van der Waals surface area contributed by atoms with Gasteiger partial charge in [-0.2, -0.15) is 0 Å². The maximum absolute atomic E-state index is 10.6. The number of carboxylic acid groups (broad SMARTS) is 1. The lowest BCUT2D eigenvalue weighted by molar-refractivity contribution is 0.0693. The standard InChI is InChI=1S/C6H3BrN2O2S/c7-6-8-3(5(10)11)4-9(6)1-2-12-4/h1-2H,(H,10,11). The number of hydrogen-bond donors (Lipinski definition) is 1. The predicted molar refractivity (Wildman–Crippen MR) is 47.7 cm³/mol. The van der Waals surface area contributed by atoms with Gasteiger partial charge in [-0.05, 0) is 15.9 Å². The molecule has 0 unspecified atom stereocenters. The Morgan fingerprint density at radius 3 is 3.17 bits per heavy atom. The lowest BCUT2D eigenvalue weighted by Crippen LogP contribution is -1.95. The summed E-state index contributed by atoms with van der Waals surface area (Å²) in [6.07, 6.45) is 1.77. The summed E-state index contributed by atoms with van der Waals surface area (Å²) in [6.45, 7) is 0. The molecule has 0 aliphatic rings. The average molecular weight is 247 g/mol. The second kappa shape index (κ2) is 2.56. The molecule has 0 saturated heterocycles. The highest BCUT2D eigenvalue weighted by molar-refractivity contribution is 9.10. The van der Waals surface area contributed by atoms with Crippen LogP contribution in [0.5, 0.6) is 0 Å². The number of halogens is 1. The molecular weight excluding hydrogens is 244 g/mol. The number of carbonyl (C=O) groups is 1. The van der Waals surface area contributed by atoms with Gasteiger partial charge in [-0.25, -0.2) is 9.78 Å². The number of carboxylic acids is 1. The normalized spacial score (nSPS) is 10.8. The van der Waals surface area contributed by atoms with Gasteiger partial charge in [0.15, 0.2) is 10.4 Å². The molecule has 62 valence electrons. The molecule has 1 N–H and O–H groups in total. The maximum Gasteiger partial charge on any atom is 0.357 e. The van der Waals surface area contributed by atoms with E-state index < -0.39 is 5.97 Å². The van der Waals surface area contributed by atoms with Crippen molar-refractivity contribution in [3.63, 3.8) is 0 Å². The summed E-state index contributed by atoms with van der Waals surface area (Å²) >= 11 is 4.51. The number of thiazole rings is 1. The Hall–Kier alpha value is -0.880. The van der Waals surface area contributed by atoms with Crippen molar-refractivity contribution in [1.82, 2.24) is 9.38 Å². The minimum Gasteiger partial charge on any atom is -0.476 e. The van der Waals surface area contributed by atoms with Crippen molar-refractivity contribution in [2.45, 2.75) is 0 Å². The van der Waals surface area contributed by atoms with Crippen molar-refractivity contribution in [1.29, 1.82) is 0 Å². The largest absolute Gasteiger partial charge is 0.476 e. The van der Waals surface area contributed by atoms with Crippen LogP contribution >= 0.6 is 27.3 Å². The highest BCUT2D eigenvalue weighted by atomic mass is 79.9. The minimum atomic E-state index is -0.999. The molecule has 0 atom stereocenters. The van der Waals surface area contributed by atoms with Gasteiger partial charge in [0.25, 0.3) is 0 Å². The molecule has 2 aromatic heterocycles. The van der Waals surface area contributed by atoms with E-state index >= 15 is 0 Å². The SMILES string of the molecule is O=C(O)c1nc(Br)n2ccsc12. The van der Waals surface area contributed by atoms with E-state index in [0.717, 1.165) is 0 Å². The highest BCUT2D eigenvalue weighted by Gasteiger charge is 2.15. The number of fused-ring (bicyclic) bond motifs is 1. The summed E-state index contributed by atoms with van der Waals surface area (Å²) in [7, 11) is 0. The monoisotopic (exact) mass is 246 g/mol. The van der Waals surface area contributed by atoms with Crippen molar-refractivity contribution < 1.29 is 9.90 Å². The van der Waals surface area contributed by atoms with Gasteiger partial charge in [-0.15, -0.1) is 11.3 Å². The molecule has 0 saturated carbocycles. The van der Waals surface area contributed by atoms with Gasteiger partial charge in [-0.3, -0.25) is 4.40 Å². The molecule has 0 amide bonds. The first-order valence-corrected chi connectivity index (χ1v) is 4.72. The Bertz CT molecular complexity index is 447. The first kappa shape index (κ1) is 7.75. The number of aromatic nitrogens is 2. The molecule has 0 spiro atoms. The average Bonchev–Trinajstić information content (AvgIpc) is 2.53. The van der Waals surface area contributed by atoms with Crippen LogP contribution in [0.15, 0.2) is 16.3 Å². The number of nitrogens with zero attached hydrogens (tertiary/aromatic N) is 2. The molecule has 0 aromatic carbocycles. The first-order valence-electron chi connectivity index (χ1n) is 3.04. The number of aromatic carboxylic acids is 1. The van der Waals surface area contributed by atoms with E-state index in [1.165, 1.54) is 11.3 Å². The van der Waals surface area contributed by atoms with Crippen molar-refractivity contribution in [3.05, 3.63) is 22.0 Å². The molecule has 0 aliphatic carbocycles. The Morgan fingerprint density at radius 2 is 2.50 bits per heavy atom. The van der Waals surface area contributed by atoms with E-state index in [1.807, 2.05) is 5.38 Å². The zero-order chi connectivity index (χ0) is 8.72. The Morgan fingerprint density at radius 1 is 1.75 bits per heavy atom. The van der Waals surface area contributed by atoms with Gasteiger partial charge in [0.1, 0.15) is 4.83 Å². The summed E-state index contributed by atoms with van der Waals surface area (Å²) in [6, 6.07) is 0. The Kier molecular flexibility index (Phi) is 1.66. The zero-order valence-corrected chi connectivity index (χ0v) is 8.09. The summed E-state index contributed by atoms with van der Waals surface area (Å²) in [5.74, 6) is -0.999. The van der Waals surface area contributed by atoms with Gasteiger partial charge in [0.05, 0.1) is 0 Å². The lowest BCUT2D eigenvalue weighted by atomic mass is 10.5. The van der Waals surface area contributed by atoms with Crippen molar-refractivity contribution in [3.8, 4) is 0 Å². The van der Waals surface area contributed by atoms with E-state index in [9.17, 15) is 4.79 Å². The van der Waals surface area contributed by atoms with E-state index in [4.69, 9.17) is 5.11 Å². The molecule has 6 heteroatoms. The zero-order valence-electron chi connectivity index (χ0n) is 5.69. The van der Waals surface area contributed by atoms with Crippen LogP contribution in [0.25, 0.3) is 4.83 Å². The third-order valence-electron chi connectivity index (χ3n) is 1.42. The third-order valence-corrected chi connectivity index (χ3v) is 2.85. The van der Waals surface area contributed by atoms with Gasteiger partial charge in [0, 0.05) is 11.6 Å². The second-order valence-electron chi connectivity index (χ2n) is 2.11. The smallest absolute Gasteiger partial charge is 0.357 e. The van der Waals surface area contributed by atoms with E-state index in [1.54, 1.807) is 10.6 Å². The van der Waals surface area contributed by atoms with Gasteiger partial charge >= 0.3 is 5.97 Å². The van der Waals surface area contributed by atoms with Gasteiger partial charge in [0.2, 0.25) is 0 Å². The van der Waals surface area contributed by atoms with Crippen LogP contribution in [0.4, 0.5) is 0 Å². The lowest BCUT2D eigenvalue weighted by Gasteiger charge is -1.82. The first-order chi connectivity index (χ1) is 5.70. The minimum absolute atomic E-state index is 0.0943. The molecule has 4 nitrogen and oxygen atoms in total. The fourth-order valence-electron chi connectivity index (χ4n) is 0.929. The third kappa shape index (κ3) is 0.953. The fourth-order valence-corrected chi connectivity index (χ4v) is 2.34. The second-order valence-corrected chi connectivity index (χ2v) is 3.72. The van der Waals surface area contributed by atoms with Crippen LogP contribution in [-0.4, -0.2) is 20.5 Å². The molecule has 2 heterocycles. The quantitative estimate of drug-likeness (QED) is 0.836. The highest BCUT2D eigenvalue weighted by Crippen LogP contribution is 2.21. The van der Waals surface area contributed by atoms with Crippen molar-refractivity contribution in [2.24, 2.45) is 0 Å². The number of hydrogen-bond acceptors (Lipinski definition) is 3. The predicted octanol–water partition coefficient (Wildman–Crippen LogP) is 1.86. The van der Waals surface area contributed by atoms with Crippen LogP contribution < -0.4 is 0 Å². The van der Waals surface area contributed by atoms with E-state index in [-0.39, 0.29) is 5.69 Å². The van der Waals surface area contributed by atoms with Crippen LogP contribution in [-0.2, 0) is 0 Å². The topological polar surface area (TPSA) is 54.6 Å². The summed E-state index contributed by atoms with van der Waals surface area (Å²) in [5.41, 5.74) is 0.0943. The summed E-state index contributed by atoms with van der Waals surface area (Å²) in [5, 5.41) is 10.5. The maximum atomic E-state index is 10.6.